The molecule has 0 aliphatic carbocycles. The second-order valence-corrected chi connectivity index (χ2v) is 8.82. The number of carbonyl (C=O) groups is 2. The average Bonchev–Trinajstić information content (AvgIpc) is 3.48. The van der Waals surface area contributed by atoms with Crippen molar-refractivity contribution in [2.75, 3.05) is 26.1 Å². The van der Waals surface area contributed by atoms with Crippen molar-refractivity contribution in [3.63, 3.8) is 0 Å². The number of aryl methyl sites for hydroxylation is 2. The number of thiophene rings is 1. The van der Waals surface area contributed by atoms with E-state index in [1.165, 1.54) is 12.7 Å². The number of ether oxygens (including phenoxy) is 1. The van der Waals surface area contributed by atoms with E-state index in [2.05, 4.69) is 22.4 Å². The van der Waals surface area contributed by atoms with Crippen LogP contribution in [0.5, 0.6) is 0 Å². The van der Waals surface area contributed by atoms with Gasteiger partial charge in [0, 0.05) is 31.1 Å². The molecule has 0 unspecified atom stereocenters. The van der Waals surface area contributed by atoms with Gasteiger partial charge in [-0.3, -0.25) is 9.59 Å². The van der Waals surface area contributed by atoms with Crippen LogP contribution in [-0.4, -0.2) is 47.0 Å². The maximum atomic E-state index is 13.2. The second kappa shape index (κ2) is 10.4. The molecule has 170 valence electrons. The van der Waals surface area contributed by atoms with Crippen LogP contribution in [0.15, 0.2) is 66.3 Å². The number of nitrogens with one attached hydrogen (secondary N) is 1. The highest BCUT2D eigenvalue weighted by molar-refractivity contribution is 7.09. The fourth-order valence-electron chi connectivity index (χ4n) is 3.74. The zero-order valence-electron chi connectivity index (χ0n) is 18.7. The molecule has 2 aromatic heterocycles. The van der Waals surface area contributed by atoms with Crippen LogP contribution >= 0.6 is 11.3 Å². The topological polar surface area (TPSA) is 76.5 Å². The number of imidazole rings is 1. The van der Waals surface area contributed by atoms with Gasteiger partial charge in [0.2, 0.25) is 5.91 Å². The summed E-state index contributed by atoms with van der Waals surface area (Å²) in [6, 6.07) is 17.7. The third kappa shape index (κ3) is 5.47. The summed E-state index contributed by atoms with van der Waals surface area (Å²) < 4.78 is 6.98. The molecule has 2 amide bonds. The quantitative estimate of drug-likeness (QED) is 0.405. The zero-order valence-corrected chi connectivity index (χ0v) is 19.5. The summed E-state index contributed by atoms with van der Waals surface area (Å²) in [5.41, 5.74) is 3.68. The molecule has 0 saturated carbocycles. The molecular weight excluding hydrogens is 436 g/mol. The Morgan fingerprint density at radius 1 is 1.15 bits per heavy atom. The highest BCUT2D eigenvalue weighted by Crippen LogP contribution is 2.27. The molecule has 8 heteroatoms. The van der Waals surface area contributed by atoms with Crippen LogP contribution in [0.4, 0.5) is 5.69 Å². The number of anilines is 1. The van der Waals surface area contributed by atoms with E-state index in [0.717, 1.165) is 16.8 Å². The zero-order chi connectivity index (χ0) is 23.2. The minimum atomic E-state index is -0.286. The summed E-state index contributed by atoms with van der Waals surface area (Å²) in [7, 11) is 3.24. The number of rotatable bonds is 9. The third-order valence-corrected chi connectivity index (χ3v) is 6.17. The number of nitrogens with zero attached hydrogens (tertiary/aromatic N) is 3. The SMILES string of the molecule is COCC(=O)Nc1cc(C(=O)N(C)Cc2cccs2)cc2ncn(CCc3ccccc3)c12. The van der Waals surface area contributed by atoms with Crippen molar-refractivity contribution < 1.29 is 14.3 Å². The van der Waals surface area contributed by atoms with Crippen LogP contribution in [0.2, 0.25) is 0 Å². The van der Waals surface area contributed by atoms with Crippen LogP contribution < -0.4 is 5.32 Å². The van der Waals surface area contributed by atoms with Crippen molar-refractivity contribution in [1.82, 2.24) is 14.5 Å². The number of aromatic nitrogens is 2. The van der Waals surface area contributed by atoms with Gasteiger partial charge in [-0.1, -0.05) is 36.4 Å². The molecule has 0 fully saturated rings. The number of hydrogen-bond acceptors (Lipinski definition) is 5. The highest BCUT2D eigenvalue weighted by Gasteiger charge is 2.19. The summed E-state index contributed by atoms with van der Waals surface area (Å²) in [5.74, 6) is -0.419. The van der Waals surface area contributed by atoms with Gasteiger partial charge in [-0.15, -0.1) is 11.3 Å². The first kappa shape index (κ1) is 22.7. The van der Waals surface area contributed by atoms with Crippen molar-refractivity contribution >= 4 is 39.9 Å². The molecule has 1 N–H and O–H groups in total. The number of amides is 2. The van der Waals surface area contributed by atoms with Gasteiger partial charge in [0.1, 0.15) is 6.61 Å². The van der Waals surface area contributed by atoms with Crippen LogP contribution in [0.25, 0.3) is 11.0 Å². The fourth-order valence-corrected chi connectivity index (χ4v) is 4.49. The Balaban J connectivity index is 1.65. The van der Waals surface area contributed by atoms with E-state index in [-0.39, 0.29) is 18.4 Å². The maximum absolute atomic E-state index is 13.2. The second-order valence-electron chi connectivity index (χ2n) is 7.79. The van der Waals surface area contributed by atoms with E-state index in [1.807, 2.05) is 40.3 Å². The predicted octanol–water partition coefficient (Wildman–Crippen LogP) is 4.20. The van der Waals surface area contributed by atoms with Gasteiger partial charge in [-0.2, -0.15) is 0 Å². The number of methoxy groups -OCH3 is 1. The van der Waals surface area contributed by atoms with Crippen LogP contribution in [0.3, 0.4) is 0 Å². The van der Waals surface area contributed by atoms with E-state index >= 15 is 0 Å². The Bertz CT molecular complexity index is 1240. The largest absolute Gasteiger partial charge is 0.375 e. The summed E-state index contributed by atoms with van der Waals surface area (Å²) in [4.78, 5) is 32.8. The number of fused-ring (bicyclic) bond motifs is 1. The molecule has 0 radical (unpaired) electrons. The molecule has 0 atom stereocenters. The van der Waals surface area contributed by atoms with Gasteiger partial charge in [0.25, 0.3) is 5.91 Å². The smallest absolute Gasteiger partial charge is 0.254 e. The Morgan fingerprint density at radius 2 is 1.97 bits per heavy atom. The lowest BCUT2D eigenvalue weighted by Gasteiger charge is -2.18. The summed E-state index contributed by atoms with van der Waals surface area (Å²) in [6.07, 6.45) is 2.57. The standard InChI is InChI=1S/C25H26N4O3S/c1-28(15-20-9-6-12-33-20)25(31)19-13-21-24(22(14-19)27-23(30)16-32-2)29(17-26-21)11-10-18-7-4-3-5-8-18/h3-9,12-14,17H,10-11,15-16H2,1-2H3,(H,27,30). The van der Waals surface area contributed by atoms with Gasteiger partial charge in [0.15, 0.2) is 0 Å². The molecule has 0 aliphatic rings. The Labute approximate surface area is 196 Å². The molecule has 2 aromatic carbocycles. The number of benzene rings is 2. The monoisotopic (exact) mass is 462 g/mol. The van der Waals surface area contributed by atoms with Crippen molar-refractivity contribution in [2.24, 2.45) is 0 Å². The Morgan fingerprint density at radius 3 is 2.70 bits per heavy atom. The predicted molar refractivity (Wildman–Crippen MR) is 131 cm³/mol. The van der Waals surface area contributed by atoms with Crippen LogP contribution in [0, 0.1) is 0 Å². The first-order chi connectivity index (χ1) is 16.0. The van der Waals surface area contributed by atoms with Gasteiger partial charge >= 0.3 is 0 Å². The molecule has 7 nitrogen and oxygen atoms in total. The molecule has 33 heavy (non-hydrogen) atoms. The molecule has 0 spiro atoms. The van der Waals surface area contributed by atoms with E-state index < -0.39 is 0 Å². The number of hydrogen-bond donors (Lipinski definition) is 1. The summed E-state index contributed by atoms with van der Waals surface area (Å²) >= 11 is 1.61. The lowest BCUT2D eigenvalue weighted by molar-refractivity contribution is -0.119. The van der Waals surface area contributed by atoms with Gasteiger partial charge in [-0.05, 0) is 35.6 Å². The van der Waals surface area contributed by atoms with Gasteiger partial charge < -0.3 is 19.5 Å². The molecule has 4 rings (SSSR count). The molecule has 2 heterocycles. The first-order valence-corrected chi connectivity index (χ1v) is 11.5. The van der Waals surface area contributed by atoms with E-state index in [0.29, 0.717) is 29.9 Å². The Kier molecular flexibility index (Phi) is 7.16. The molecule has 4 aromatic rings. The minimum absolute atomic E-state index is 0.0733. The molecular formula is C25H26N4O3S. The minimum Gasteiger partial charge on any atom is -0.375 e. The summed E-state index contributed by atoms with van der Waals surface area (Å²) in [6.45, 7) is 1.14. The highest BCUT2D eigenvalue weighted by atomic mass is 32.1. The van der Waals surface area contributed by atoms with E-state index in [9.17, 15) is 9.59 Å². The van der Waals surface area contributed by atoms with Crippen molar-refractivity contribution in [2.45, 2.75) is 19.5 Å². The van der Waals surface area contributed by atoms with E-state index in [4.69, 9.17) is 4.74 Å². The number of carbonyl (C=O) groups excluding carboxylic acids is 2. The van der Waals surface area contributed by atoms with Crippen molar-refractivity contribution in [3.8, 4) is 0 Å². The van der Waals surface area contributed by atoms with Gasteiger partial charge in [-0.25, -0.2) is 4.98 Å². The van der Waals surface area contributed by atoms with Gasteiger partial charge in [0.05, 0.1) is 29.6 Å². The molecule has 0 bridgehead atoms. The van der Waals surface area contributed by atoms with Crippen molar-refractivity contribution in [1.29, 1.82) is 0 Å². The lowest BCUT2D eigenvalue weighted by atomic mass is 10.1. The van der Waals surface area contributed by atoms with Crippen molar-refractivity contribution in [3.05, 3.63) is 82.3 Å². The maximum Gasteiger partial charge on any atom is 0.254 e. The Hall–Kier alpha value is -3.49. The lowest BCUT2D eigenvalue weighted by Crippen LogP contribution is -2.26. The third-order valence-electron chi connectivity index (χ3n) is 5.31. The molecule has 0 saturated heterocycles. The molecule has 0 aliphatic heterocycles. The van der Waals surface area contributed by atoms with E-state index in [1.54, 1.807) is 41.7 Å². The fraction of sp³-hybridized carbons (Fsp3) is 0.240. The average molecular weight is 463 g/mol. The van der Waals surface area contributed by atoms with Crippen LogP contribution in [-0.2, 0) is 29.0 Å². The normalized spacial score (nSPS) is 11.0. The summed E-state index contributed by atoms with van der Waals surface area (Å²) in [5, 5.41) is 4.89. The van der Waals surface area contributed by atoms with Crippen LogP contribution in [0.1, 0.15) is 20.8 Å². The first-order valence-electron chi connectivity index (χ1n) is 10.6.